The first-order chi connectivity index (χ1) is 10.5. The standard InChI is InChI=1S/C17H22N2O2S/c1-13(19-17(20)18-9-10-22(2)21)11-14-7-8-15-5-3-4-6-16(15)12-14/h3-8,12-13H,9-11H2,1-2H3,(H2,18,19,20)/t13-,22-/m1/s1. The largest absolute Gasteiger partial charge is 0.337 e. The lowest BCUT2D eigenvalue weighted by molar-refractivity contribution is 0.238. The minimum absolute atomic E-state index is 0.0355. The fraction of sp³-hybridized carbons (Fsp3) is 0.353. The normalized spacial score (nSPS) is 13.5. The molecule has 2 N–H and O–H groups in total. The van der Waals surface area contributed by atoms with E-state index in [1.165, 1.54) is 16.3 Å². The molecule has 2 rings (SSSR count). The van der Waals surface area contributed by atoms with Crippen molar-refractivity contribution in [3.63, 3.8) is 0 Å². The summed E-state index contributed by atoms with van der Waals surface area (Å²) >= 11 is 0. The maximum Gasteiger partial charge on any atom is 0.315 e. The molecule has 0 heterocycles. The van der Waals surface area contributed by atoms with Crippen LogP contribution in [0.5, 0.6) is 0 Å². The number of benzene rings is 2. The Labute approximate surface area is 133 Å². The van der Waals surface area contributed by atoms with Crippen LogP contribution in [0, 0.1) is 0 Å². The van der Waals surface area contributed by atoms with Gasteiger partial charge in [0.05, 0.1) is 0 Å². The Bertz CT molecular complexity index is 673. The number of hydrogen-bond donors (Lipinski definition) is 2. The van der Waals surface area contributed by atoms with Crippen LogP contribution < -0.4 is 10.6 Å². The summed E-state index contributed by atoms with van der Waals surface area (Å²) in [5.41, 5.74) is 1.20. The molecule has 0 unspecified atom stereocenters. The first-order valence-corrected chi connectivity index (χ1v) is 9.09. The smallest absolute Gasteiger partial charge is 0.315 e. The van der Waals surface area contributed by atoms with Crippen LogP contribution >= 0.6 is 0 Å². The van der Waals surface area contributed by atoms with Crippen LogP contribution in [0.4, 0.5) is 4.79 Å². The Morgan fingerprint density at radius 2 is 1.91 bits per heavy atom. The maximum atomic E-state index is 11.7. The Morgan fingerprint density at radius 1 is 1.18 bits per heavy atom. The molecule has 0 saturated carbocycles. The van der Waals surface area contributed by atoms with Gasteiger partial charge in [0, 0.05) is 35.4 Å². The predicted molar refractivity (Wildman–Crippen MR) is 92.6 cm³/mol. The van der Waals surface area contributed by atoms with E-state index in [1.807, 2.05) is 19.1 Å². The van der Waals surface area contributed by atoms with E-state index in [9.17, 15) is 9.00 Å². The first kappa shape index (κ1) is 16.5. The molecule has 2 aromatic carbocycles. The molecular weight excluding hydrogens is 296 g/mol. The third kappa shape index (κ3) is 5.15. The average molecular weight is 318 g/mol. The number of nitrogens with one attached hydrogen (secondary N) is 2. The van der Waals surface area contributed by atoms with Gasteiger partial charge in [-0.05, 0) is 29.7 Å². The van der Waals surface area contributed by atoms with Crippen molar-refractivity contribution in [2.24, 2.45) is 0 Å². The number of hydrogen-bond acceptors (Lipinski definition) is 2. The monoisotopic (exact) mass is 318 g/mol. The van der Waals surface area contributed by atoms with E-state index < -0.39 is 10.8 Å². The summed E-state index contributed by atoms with van der Waals surface area (Å²) in [6.45, 7) is 2.41. The second-order valence-corrected chi connectivity index (χ2v) is 7.02. The highest BCUT2D eigenvalue weighted by molar-refractivity contribution is 7.84. The van der Waals surface area contributed by atoms with E-state index in [0.717, 1.165) is 6.42 Å². The summed E-state index contributed by atoms with van der Waals surface area (Å²) in [4.78, 5) is 11.7. The van der Waals surface area contributed by atoms with E-state index in [2.05, 4.69) is 41.0 Å². The van der Waals surface area contributed by atoms with Crippen LogP contribution in [0.15, 0.2) is 42.5 Å². The zero-order valence-corrected chi connectivity index (χ0v) is 13.8. The van der Waals surface area contributed by atoms with Crippen molar-refractivity contribution in [2.45, 2.75) is 19.4 Å². The van der Waals surface area contributed by atoms with Gasteiger partial charge in [-0.2, -0.15) is 0 Å². The van der Waals surface area contributed by atoms with Crippen molar-refractivity contribution in [3.05, 3.63) is 48.0 Å². The lowest BCUT2D eigenvalue weighted by atomic mass is 10.0. The summed E-state index contributed by atoms with van der Waals surface area (Å²) in [7, 11) is -0.882. The third-order valence-electron chi connectivity index (χ3n) is 3.41. The SMILES string of the molecule is C[C@H](Cc1ccc2ccccc2c1)NC(=O)NCC[S@@](C)=O. The molecule has 4 nitrogen and oxygen atoms in total. The first-order valence-electron chi connectivity index (χ1n) is 7.36. The molecule has 2 amide bonds. The molecule has 0 bridgehead atoms. The van der Waals surface area contributed by atoms with Gasteiger partial charge in [-0.25, -0.2) is 4.79 Å². The molecule has 118 valence electrons. The van der Waals surface area contributed by atoms with E-state index in [0.29, 0.717) is 12.3 Å². The fourth-order valence-electron chi connectivity index (χ4n) is 2.35. The molecule has 0 saturated heterocycles. The van der Waals surface area contributed by atoms with E-state index in [4.69, 9.17) is 0 Å². The van der Waals surface area contributed by atoms with Crippen LogP contribution in [0.1, 0.15) is 12.5 Å². The molecule has 2 aromatic rings. The van der Waals surface area contributed by atoms with Crippen molar-refractivity contribution in [1.82, 2.24) is 10.6 Å². The second kappa shape index (κ2) is 7.94. The molecule has 2 atom stereocenters. The third-order valence-corrected chi connectivity index (χ3v) is 4.19. The number of urea groups is 1. The Hall–Kier alpha value is -1.88. The van der Waals surface area contributed by atoms with Crippen molar-refractivity contribution >= 4 is 27.6 Å². The van der Waals surface area contributed by atoms with Gasteiger partial charge in [0.15, 0.2) is 0 Å². The van der Waals surface area contributed by atoms with E-state index in [1.54, 1.807) is 6.26 Å². The van der Waals surface area contributed by atoms with Gasteiger partial charge in [0.25, 0.3) is 0 Å². The molecule has 22 heavy (non-hydrogen) atoms. The summed E-state index contributed by atoms with van der Waals surface area (Å²) < 4.78 is 10.9. The zero-order valence-electron chi connectivity index (χ0n) is 13.0. The minimum atomic E-state index is -0.882. The number of fused-ring (bicyclic) bond motifs is 1. The van der Waals surface area contributed by atoms with Crippen LogP contribution in [0.2, 0.25) is 0 Å². The number of rotatable bonds is 6. The zero-order chi connectivity index (χ0) is 15.9. The van der Waals surface area contributed by atoms with Gasteiger partial charge in [0.1, 0.15) is 0 Å². The van der Waals surface area contributed by atoms with Crippen LogP contribution in [0.25, 0.3) is 10.8 Å². The topological polar surface area (TPSA) is 58.2 Å². The highest BCUT2D eigenvalue weighted by atomic mass is 32.2. The van der Waals surface area contributed by atoms with Gasteiger partial charge >= 0.3 is 6.03 Å². The molecule has 0 fully saturated rings. The van der Waals surface area contributed by atoms with Gasteiger partial charge < -0.3 is 10.6 Å². The highest BCUT2D eigenvalue weighted by Crippen LogP contribution is 2.16. The second-order valence-electron chi connectivity index (χ2n) is 5.46. The molecule has 0 spiro atoms. The van der Waals surface area contributed by atoms with Gasteiger partial charge in [-0.3, -0.25) is 4.21 Å². The highest BCUT2D eigenvalue weighted by Gasteiger charge is 2.08. The van der Waals surface area contributed by atoms with E-state index >= 15 is 0 Å². The molecule has 0 aliphatic rings. The average Bonchev–Trinajstić information content (AvgIpc) is 2.46. The lowest BCUT2D eigenvalue weighted by Crippen LogP contribution is -2.42. The lowest BCUT2D eigenvalue weighted by Gasteiger charge is -2.15. The number of carbonyl (C=O) groups excluding carboxylic acids is 1. The van der Waals surface area contributed by atoms with Crippen molar-refractivity contribution in [2.75, 3.05) is 18.6 Å². The van der Waals surface area contributed by atoms with Gasteiger partial charge in [0.2, 0.25) is 0 Å². The minimum Gasteiger partial charge on any atom is -0.337 e. The molecule has 0 aromatic heterocycles. The fourth-order valence-corrected chi connectivity index (χ4v) is 2.74. The number of carbonyl (C=O) groups is 1. The molecular formula is C17H22N2O2S. The van der Waals surface area contributed by atoms with E-state index in [-0.39, 0.29) is 12.1 Å². The maximum absolute atomic E-state index is 11.7. The summed E-state index contributed by atoms with van der Waals surface area (Å²) in [6, 6.07) is 14.4. The molecule has 0 aliphatic carbocycles. The quantitative estimate of drug-likeness (QED) is 0.859. The Morgan fingerprint density at radius 3 is 2.64 bits per heavy atom. The van der Waals surface area contributed by atoms with Crippen molar-refractivity contribution in [1.29, 1.82) is 0 Å². The Kier molecular flexibility index (Phi) is 5.95. The van der Waals surface area contributed by atoms with Crippen LogP contribution in [-0.2, 0) is 17.2 Å². The molecule has 0 aliphatic heterocycles. The summed E-state index contributed by atoms with van der Waals surface area (Å²) in [5, 5.41) is 8.05. The molecule has 5 heteroatoms. The van der Waals surface area contributed by atoms with Gasteiger partial charge in [-0.15, -0.1) is 0 Å². The molecule has 0 radical (unpaired) electrons. The van der Waals surface area contributed by atoms with Crippen LogP contribution in [-0.4, -0.2) is 34.8 Å². The summed E-state index contributed by atoms with van der Waals surface area (Å²) in [5.74, 6) is 0.479. The van der Waals surface area contributed by atoms with Gasteiger partial charge in [-0.1, -0.05) is 42.5 Å². The van der Waals surface area contributed by atoms with Crippen molar-refractivity contribution in [3.8, 4) is 0 Å². The predicted octanol–water partition coefficient (Wildman–Crippen LogP) is 2.45. The van der Waals surface area contributed by atoms with Crippen molar-refractivity contribution < 1.29 is 9.00 Å². The summed E-state index contributed by atoms with van der Waals surface area (Å²) in [6.07, 6.45) is 2.40. The van der Waals surface area contributed by atoms with Crippen LogP contribution in [0.3, 0.4) is 0 Å². The number of amides is 2. The Balaban J connectivity index is 1.86.